The van der Waals surface area contributed by atoms with E-state index in [0.29, 0.717) is 12.6 Å². The van der Waals surface area contributed by atoms with Crippen LogP contribution in [-0.4, -0.2) is 30.1 Å². The van der Waals surface area contributed by atoms with Crippen molar-refractivity contribution >= 4 is 6.03 Å². The van der Waals surface area contributed by atoms with E-state index in [0.717, 1.165) is 12.8 Å². The van der Waals surface area contributed by atoms with Crippen LogP contribution in [0.3, 0.4) is 0 Å². The molecule has 1 fully saturated rings. The molecule has 0 bridgehead atoms. The average Bonchev–Trinajstić information content (AvgIpc) is 2.83. The molecular weight excluding hydrogens is 154 g/mol. The lowest BCUT2D eigenvalue weighted by Gasteiger charge is -2.17. The summed E-state index contributed by atoms with van der Waals surface area (Å²) in [6.07, 6.45) is 2.16. The standard InChI is InChI=1S/C8H13N3O/c1-2-11(6-5-9)8(12)10-7-3-4-7/h7H,2-4,6H2,1H3,(H,10,12). The van der Waals surface area contributed by atoms with Crippen LogP contribution in [0.15, 0.2) is 0 Å². The normalized spacial score (nSPS) is 15.0. The number of hydrogen-bond acceptors (Lipinski definition) is 2. The van der Waals surface area contributed by atoms with Gasteiger partial charge in [-0.2, -0.15) is 5.26 Å². The van der Waals surface area contributed by atoms with Gasteiger partial charge in [0.1, 0.15) is 6.54 Å². The second-order valence-corrected chi connectivity index (χ2v) is 2.90. The summed E-state index contributed by atoms with van der Waals surface area (Å²) in [5.41, 5.74) is 0. The predicted octanol–water partition coefficient (Wildman–Crippen LogP) is 0.704. The molecule has 1 aliphatic rings. The molecule has 4 heteroatoms. The highest BCUT2D eigenvalue weighted by molar-refractivity contribution is 5.75. The largest absolute Gasteiger partial charge is 0.335 e. The lowest BCUT2D eigenvalue weighted by molar-refractivity contribution is 0.206. The van der Waals surface area contributed by atoms with Gasteiger partial charge in [-0.1, -0.05) is 0 Å². The van der Waals surface area contributed by atoms with Gasteiger partial charge in [0.25, 0.3) is 0 Å². The highest BCUT2D eigenvalue weighted by Gasteiger charge is 2.25. The van der Waals surface area contributed by atoms with E-state index in [1.807, 2.05) is 13.0 Å². The molecule has 2 amide bonds. The minimum atomic E-state index is -0.110. The van der Waals surface area contributed by atoms with Crippen molar-refractivity contribution < 1.29 is 4.79 Å². The monoisotopic (exact) mass is 167 g/mol. The second kappa shape index (κ2) is 3.96. The van der Waals surface area contributed by atoms with E-state index in [4.69, 9.17) is 5.26 Å². The van der Waals surface area contributed by atoms with Crippen LogP contribution in [0, 0.1) is 11.3 Å². The van der Waals surface area contributed by atoms with E-state index in [9.17, 15) is 4.79 Å². The third kappa shape index (κ3) is 2.42. The first-order chi connectivity index (χ1) is 5.77. The van der Waals surface area contributed by atoms with Crippen molar-refractivity contribution in [2.75, 3.05) is 13.1 Å². The highest BCUT2D eigenvalue weighted by atomic mass is 16.2. The SMILES string of the molecule is CCN(CC#N)C(=O)NC1CC1. The maximum atomic E-state index is 11.3. The molecule has 1 N–H and O–H groups in total. The molecular formula is C8H13N3O. The van der Waals surface area contributed by atoms with Crippen molar-refractivity contribution in [2.45, 2.75) is 25.8 Å². The van der Waals surface area contributed by atoms with Gasteiger partial charge in [0.05, 0.1) is 6.07 Å². The number of nitriles is 1. The van der Waals surface area contributed by atoms with Gasteiger partial charge in [-0.15, -0.1) is 0 Å². The minimum absolute atomic E-state index is 0.110. The molecule has 1 aliphatic carbocycles. The molecule has 66 valence electrons. The molecule has 0 radical (unpaired) electrons. The highest BCUT2D eigenvalue weighted by Crippen LogP contribution is 2.18. The number of nitrogens with zero attached hydrogens (tertiary/aromatic N) is 2. The summed E-state index contributed by atoms with van der Waals surface area (Å²) in [7, 11) is 0. The Balaban J connectivity index is 2.30. The summed E-state index contributed by atoms with van der Waals surface area (Å²) in [6.45, 7) is 2.63. The number of amides is 2. The average molecular weight is 167 g/mol. The van der Waals surface area contributed by atoms with Crippen molar-refractivity contribution in [3.63, 3.8) is 0 Å². The Morgan fingerprint density at radius 1 is 1.75 bits per heavy atom. The summed E-state index contributed by atoms with van der Waals surface area (Å²) >= 11 is 0. The predicted molar refractivity (Wildman–Crippen MR) is 44.4 cm³/mol. The Morgan fingerprint density at radius 2 is 2.42 bits per heavy atom. The van der Waals surface area contributed by atoms with E-state index >= 15 is 0 Å². The number of nitrogens with one attached hydrogen (secondary N) is 1. The maximum absolute atomic E-state index is 11.3. The van der Waals surface area contributed by atoms with Gasteiger partial charge in [0.15, 0.2) is 0 Å². The molecule has 1 rings (SSSR count). The summed E-state index contributed by atoms with van der Waals surface area (Å²) in [5.74, 6) is 0. The molecule has 1 saturated carbocycles. The molecule has 0 saturated heterocycles. The molecule has 0 spiro atoms. The van der Waals surface area contributed by atoms with Gasteiger partial charge in [-0.05, 0) is 19.8 Å². The fraction of sp³-hybridized carbons (Fsp3) is 0.750. The fourth-order valence-corrected chi connectivity index (χ4v) is 0.906. The van der Waals surface area contributed by atoms with Crippen LogP contribution in [0.2, 0.25) is 0 Å². The summed E-state index contributed by atoms with van der Waals surface area (Å²) in [5, 5.41) is 11.2. The number of hydrogen-bond donors (Lipinski definition) is 1. The van der Waals surface area contributed by atoms with Crippen molar-refractivity contribution in [1.82, 2.24) is 10.2 Å². The minimum Gasteiger partial charge on any atom is -0.335 e. The van der Waals surface area contributed by atoms with Crippen LogP contribution in [0.4, 0.5) is 4.79 Å². The molecule has 0 heterocycles. The van der Waals surface area contributed by atoms with Crippen LogP contribution >= 0.6 is 0 Å². The van der Waals surface area contributed by atoms with E-state index < -0.39 is 0 Å². The topological polar surface area (TPSA) is 56.1 Å². The van der Waals surface area contributed by atoms with Gasteiger partial charge >= 0.3 is 6.03 Å². The first-order valence-electron chi connectivity index (χ1n) is 4.20. The quantitative estimate of drug-likeness (QED) is 0.629. The second-order valence-electron chi connectivity index (χ2n) is 2.90. The Morgan fingerprint density at radius 3 is 2.83 bits per heavy atom. The molecule has 0 aromatic carbocycles. The van der Waals surface area contributed by atoms with Gasteiger partial charge in [0.2, 0.25) is 0 Å². The summed E-state index contributed by atoms with van der Waals surface area (Å²) in [4.78, 5) is 12.8. The lowest BCUT2D eigenvalue weighted by atomic mass is 10.5. The molecule has 0 atom stereocenters. The van der Waals surface area contributed by atoms with Gasteiger partial charge in [-0.3, -0.25) is 0 Å². The summed E-state index contributed by atoms with van der Waals surface area (Å²) in [6, 6.07) is 2.21. The van der Waals surface area contributed by atoms with Crippen LogP contribution < -0.4 is 5.32 Å². The Kier molecular flexibility index (Phi) is 2.92. The van der Waals surface area contributed by atoms with Crippen LogP contribution in [0.25, 0.3) is 0 Å². The summed E-state index contributed by atoms with van der Waals surface area (Å²) < 4.78 is 0. The molecule has 0 aliphatic heterocycles. The smallest absolute Gasteiger partial charge is 0.318 e. The van der Waals surface area contributed by atoms with Crippen molar-refractivity contribution in [1.29, 1.82) is 5.26 Å². The fourth-order valence-electron chi connectivity index (χ4n) is 0.906. The first kappa shape index (κ1) is 8.85. The molecule has 12 heavy (non-hydrogen) atoms. The zero-order chi connectivity index (χ0) is 8.97. The van der Waals surface area contributed by atoms with E-state index in [-0.39, 0.29) is 12.6 Å². The Labute approximate surface area is 72.2 Å². The van der Waals surface area contributed by atoms with Gasteiger partial charge in [-0.25, -0.2) is 4.79 Å². The van der Waals surface area contributed by atoms with Crippen LogP contribution in [0.1, 0.15) is 19.8 Å². The Hall–Kier alpha value is -1.24. The molecule has 0 unspecified atom stereocenters. The lowest BCUT2D eigenvalue weighted by Crippen LogP contribution is -2.40. The molecule has 4 nitrogen and oxygen atoms in total. The van der Waals surface area contributed by atoms with E-state index in [1.165, 1.54) is 4.90 Å². The van der Waals surface area contributed by atoms with E-state index in [1.54, 1.807) is 0 Å². The zero-order valence-corrected chi connectivity index (χ0v) is 7.21. The zero-order valence-electron chi connectivity index (χ0n) is 7.21. The number of carbonyl (C=O) groups is 1. The third-order valence-corrected chi connectivity index (χ3v) is 1.84. The Bertz CT molecular complexity index is 205. The first-order valence-corrected chi connectivity index (χ1v) is 4.20. The van der Waals surface area contributed by atoms with Crippen LogP contribution in [0.5, 0.6) is 0 Å². The van der Waals surface area contributed by atoms with Crippen LogP contribution in [-0.2, 0) is 0 Å². The molecule has 0 aromatic heterocycles. The van der Waals surface area contributed by atoms with E-state index in [2.05, 4.69) is 5.32 Å². The van der Waals surface area contributed by atoms with Gasteiger partial charge in [0, 0.05) is 12.6 Å². The molecule has 0 aromatic rings. The van der Waals surface area contributed by atoms with Crippen molar-refractivity contribution in [3.8, 4) is 6.07 Å². The number of rotatable bonds is 3. The van der Waals surface area contributed by atoms with Crippen molar-refractivity contribution in [2.24, 2.45) is 0 Å². The van der Waals surface area contributed by atoms with Crippen molar-refractivity contribution in [3.05, 3.63) is 0 Å². The third-order valence-electron chi connectivity index (χ3n) is 1.84. The van der Waals surface area contributed by atoms with Gasteiger partial charge < -0.3 is 10.2 Å². The maximum Gasteiger partial charge on any atom is 0.318 e. The number of urea groups is 1. The number of carbonyl (C=O) groups excluding carboxylic acids is 1.